The van der Waals surface area contributed by atoms with Crippen molar-refractivity contribution in [2.24, 2.45) is 10.8 Å². The van der Waals surface area contributed by atoms with Crippen LogP contribution in [0.2, 0.25) is 0 Å². The van der Waals surface area contributed by atoms with Gasteiger partial charge in [-0.05, 0) is 41.5 Å². The number of rotatable bonds is 17. The predicted molar refractivity (Wildman–Crippen MR) is 155 cm³/mol. The van der Waals surface area contributed by atoms with E-state index in [1.807, 2.05) is 0 Å². The van der Waals surface area contributed by atoms with Crippen molar-refractivity contribution < 1.29 is 66.4 Å². The van der Waals surface area contributed by atoms with E-state index >= 15 is 0 Å². The first-order chi connectivity index (χ1) is 20.7. The normalized spacial score (nSPS) is 30.7. The van der Waals surface area contributed by atoms with Crippen LogP contribution in [0.1, 0.15) is 41.5 Å². The van der Waals surface area contributed by atoms with E-state index in [-0.39, 0.29) is 26.4 Å². The Hall–Kier alpha value is -1.46. The molecule has 0 aromatic carbocycles. The molecule has 10 atom stereocenters. The summed E-state index contributed by atoms with van der Waals surface area (Å²) in [5, 5.41) is 0. The molecule has 0 aliphatic carbocycles. The minimum Gasteiger partial charge on any atom is -0.454 e. The van der Waals surface area contributed by atoms with Crippen LogP contribution in [0.3, 0.4) is 0 Å². The number of hydrogen-bond donors (Lipinski definition) is 0. The summed E-state index contributed by atoms with van der Waals surface area (Å²) >= 11 is 0. The van der Waals surface area contributed by atoms with Gasteiger partial charge in [-0.25, -0.2) is 0 Å². The zero-order valence-corrected chi connectivity index (χ0v) is 28.3. The van der Waals surface area contributed by atoms with Gasteiger partial charge < -0.3 is 56.8 Å². The Bertz CT molecular complexity index is 801. The summed E-state index contributed by atoms with van der Waals surface area (Å²) < 4.78 is 69.2. The van der Waals surface area contributed by atoms with Crippen LogP contribution >= 0.6 is 0 Å². The van der Waals surface area contributed by atoms with E-state index < -0.39 is 84.2 Å². The van der Waals surface area contributed by atoms with Crippen molar-refractivity contribution in [2.75, 3.05) is 69.1 Å². The molecule has 0 amide bonds. The van der Waals surface area contributed by atoms with Gasteiger partial charge in [-0.15, -0.1) is 0 Å². The summed E-state index contributed by atoms with van der Waals surface area (Å²) in [6, 6.07) is 0. The molecule has 2 saturated heterocycles. The van der Waals surface area contributed by atoms with Gasteiger partial charge in [0.05, 0.1) is 37.3 Å². The van der Waals surface area contributed by atoms with Crippen molar-refractivity contribution in [3.63, 3.8) is 0 Å². The Morgan fingerprint density at radius 3 is 1.18 bits per heavy atom. The van der Waals surface area contributed by atoms with Crippen molar-refractivity contribution in [2.45, 2.75) is 103 Å². The van der Waals surface area contributed by atoms with Gasteiger partial charge in [0.15, 0.2) is 24.8 Å². The summed E-state index contributed by atoms with van der Waals surface area (Å²) in [5.74, 6) is -0.884. The second-order valence-corrected chi connectivity index (χ2v) is 12.8. The molecule has 2 heterocycles. The zero-order valence-electron chi connectivity index (χ0n) is 28.3. The lowest BCUT2D eigenvalue weighted by Gasteiger charge is -2.28. The molecular formula is C30H54O14. The van der Waals surface area contributed by atoms with Crippen LogP contribution in [-0.2, 0) is 66.4 Å². The molecule has 0 aromatic heterocycles. The Morgan fingerprint density at radius 1 is 0.591 bits per heavy atom. The van der Waals surface area contributed by atoms with Gasteiger partial charge in [-0.1, -0.05) is 0 Å². The maximum atomic E-state index is 12.9. The van der Waals surface area contributed by atoms with Crippen LogP contribution in [0, 0.1) is 10.8 Å². The van der Waals surface area contributed by atoms with Crippen LogP contribution < -0.4 is 0 Å². The monoisotopic (exact) mass is 638 g/mol. The van der Waals surface area contributed by atoms with Gasteiger partial charge in [0.25, 0.3) is 0 Å². The summed E-state index contributed by atoms with van der Waals surface area (Å²) in [7, 11) is 9.16. The largest absolute Gasteiger partial charge is 0.454 e. The number of methoxy groups -OCH3 is 6. The van der Waals surface area contributed by atoms with Crippen molar-refractivity contribution in [1.82, 2.24) is 0 Å². The second kappa shape index (κ2) is 17.5. The average Bonchev–Trinajstić information content (AvgIpc) is 3.48. The van der Waals surface area contributed by atoms with Crippen LogP contribution in [0.5, 0.6) is 0 Å². The summed E-state index contributed by atoms with van der Waals surface area (Å²) in [5.41, 5.74) is -1.54. The molecule has 2 aliphatic heterocycles. The van der Waals surface area contributed by atoms with Crippen LogP contribution in [-0.4, -0.2) is 142 Å². The van der Waals surface area contributed by atoms with Crippen molar-refractivity contribution in [1.29, 1.82) is 0 Å². The minimum absolute atomic E-state index is 0.00715. The Balaban J connectivity index is 2.19. The molecule has 258 valence electrons. The predicted octanol–water partition coefficient (Wildman–Crippen LogP) is 1.74. The Kier molecular flexibility index (Phi) is 15.4. The molecule has 14 heteroatoms. The number of esters is 2. The van der Waals surface area contributed by atoms with E-state index in [4.69, 9.17) is 56.8 Å². The highest BCUT2D eigenvalue weighted by molar-refractivity contribution is 5.76. The van der Waals surface area contributed by atoms with Crippen molar-refractivity contribution in [3.05, 3.63) is 0 Å². The highest BCUT2D eigenvalue weighted by atomic mass is 16.8. The van der Waals surface area contributed by atoms with Gasteiger partial charge in [-0.2, -0.15) is 0 Å². The lowest BCUT2D eigenvalue weighted by molar-refractivity contribution is -0.223. The van der Waals surface area contributed by atoms with Crippen molar-refractivity contribution in [3.8, 4) is 0 Å². The smallest absolute Gasteiger partial charge is 0.311 e. The van der Waals surface area contributed by atoms with Gasteiger partial charge in [-0.3, -0.25) is 9.59 Å². The highest BCUT2D eigenvalue weighted by Gasteiger charge is 2.53. The number of carbonyl (C=O) groups is 2. The second-order valence-electron chi connectivity index (χ2n) is 12.8. The molecular weight excluding hydrogens is 584 g/mol. The SMILES string of the molecule is COC[C@@H](OC)[C@H]1O[C@@H](OCCO[C@@H]2O[C@H]([C@@H](COC)OC)[C@H](OC)[C@H]2OC(=O)C(C)(C)C)[C@H](OC(=O)C(C)(C)C)[C@H]1OC. The Morgan fingerprint density at radius 2 is 0.932 bits per heavy atom. The molecule has 0 radical (unpaired) electrons. The molecule has 2 aliphatic rings. The van der Waals surface area contributed by atoms with Gasteiger partial charge in [0.1, 0.15) is 36.6 Å². The van der Waals surface area contributed by atoms with Gasteiger partial charge >= 0.3 is 11.9 Å². The van der Waals surface area contributed by atoms with Gasteiger partial charge in [0.2, 0.25) is 0 Å². The molecule has 0 unspecified atom stereocenters. The molecule has 0 saturated carbocycles. The van der Waals surface area contributed by atoms with Gasteiger partial charge in [0, 0.05) is 42.7 Å². The van der Waals surface area contributed by atoms with Crippen LogP contribution in [0.15, 0.2) is 0 Å². The third-order valence-corrected chi connectivity index (χ3v) is 7.32. The van der Waals surface area contributed by atoms with E-state index in [2.05, 4.69) is 0 Å². The first kappa shape index (κ1) is 38.7. The van der Waals surface area contributed by atoms with Crippen LogP contribution in [0.25, 0.3) is 0 Å². The zero-order chi connectivity index (χ0) is 33.2. The molecule has 2 rings (SSSR count). The maximum Gasteiger partial charge on any atom is 0.311 e. The Labute approximate surface area is 261 Å². The maximum absolute atomic E-state index is 12.9. The quantitative estimate of drug-likeness (QED) is 0.168. The summed E-state index contributed by atoms with van der Waals surface area (Å²) in [4.78, 5) is 25.7. The molecule has 0 spiro atoms. The highest BCUT2D eigenvalue weighted by Crippen LogP contribution is 2.34. The van der Waals surface area contributed by atoms with E-state index in [0.29, 0.717) is 0 Å². The molecule has 44 heavy (non-hydrogen) atoms. The number of hydrogen-bond acceptors (Lipinski definition) is 14. The molecule has 0 N–H and O–H groups in total. The summed E-state index contributed by atoms with van der Waals surface area (Å²) in [6.45, 7) is 11.0. The average molecular weight is 639 g/mol. The fraction of sp³-hybridized carbons (Fsp3) is 0.933. The van der Waals surface area contributed by atoms with E-state index in [1.165, 1.54) is 28.4 Å². The third kappa shape index (κ3) is 10.0. The fourth-order valence-corrected chi connectivity index (χ4v) is 4.80. The topological polar surface area (TPSA) is 145 Å². The lowest BCUT2D eigenvalue weighted by atomic mass is 9.97. The first-order valence-electron chi connectivity index (χ1n) is 14.7. The number of ether oxygens (including phenoxy) is 12. The summed E-state index contributed by atoms with van der Waals surface area (Å²) in [6.07, 6.45) is -7.49. The number of carbonyl (C=O) groups excluding carboxylic acids is 2. The van der Waals surface area contributed by atoms with E-state index in [1.54, 1.807) is 55.8 Å². The fourth-order valence-electron chi connectivity index (χ4n) is 4.80. The molecule has 0 bridgehead atoms. The van der Waals surface area contributed by atoms with E-state index in [9.17, 15) is 9.59 Å². The van der Waals surface area contributed by atoms with Crippen molar-refractivity contribution >= 4 is 11.9 Å². The standard InChI is InChI=1S/C30H54O14/c1-29(2,3)27(31)43-23-21(37-11)19(17(35-9)15-33-7)41-25(23)39-13-14-40-26-24(44-28(32)30(4,5)6)22(38-12)20(42-26)18(36-10)16-34-8/h17-26H,13-16H2,1-12H3/t17-,18-,19-,20-,21+,22+,23-,24-,25-,26-/m1/s1. The van der Waals surface area contributed by atoms with E-state index in [0.717, 1.165) is 0 Å². The third-order valence-electron chi connectivity index (χ3n) is 7.32. The lowest BCUT2D eigenvalue weighted by Crippen LogP contribution is -2.46. The molecule has 0 aromatic rings. The minimum atomic E-state index is -0.993. The van der Waals surface area contributed by atoms with Crippen LogP contribution in [0.4, 0.5) is 0 Å². The molecule has 2 fully saturated rings. The molecule has 14 nitrogen and oxygen atoms in total. The first-order valence-corrected chi connectivity index (χ1v) is 14.7.